The van der Waals surface area contributed by atoms with E-state index in [2.05, 4.69) is 17.2 Å². The zero-order valence-corrected chi connectivity index (χ0v) is 9.99. The molecule has 96 valence electrons. The molecule has 0 aromatic carbocycles. The van der Waals surface area contributed by atoms with Crippen molar-refractivity contribution in [2.24, 2.45) is 0 Å². The van der Waals surface area contributed by atoms with Crippen molar-refractivity contribution in [2.75, 3.05) is 11.9 Å². The van der Waals surface area contributed by atoms with Crippen molar-refractivity contribution < 1.29 is 13.9 Å². The number of aryl methyl sites for hydroxylation is 1. The third-order valence-electron chi connectivity index (χ3n) is 2.60. The van der Waals surface area contributed by atoms with Gasteiger partial charge in [-0.15, -0.1) is 6.58 Å². The molecule has 2 N–H and O–H groups in total. The van der Waals surface area contributed by atoms with Crippen molar-refractivity contribution in [3.8, 4) is 0 Å². The molecule has 2 amide bonds. The van der Waals surface area contributed by atoms with Gasteiger partial charge in [0.1, 0.15) is 0 Å². The van der Waals surface area contributed by atoms with Gasteiger partial charge in [0.2, 0.25) is 5.88 Å². The van der Waals surface area contributed by atoms with Crippen LogP contribution in [0.1, 0.15) is 24.3 Å². The lowest BCUT2D eigenvalue weighted by molar-refractivity contribution is 0.0533. The summed E-state index contributed by atoms with van der Waals surface area (Å²) in [6, 6.07) is 0.940. The summed E-state index contributed by atoms with van der Waals surface area (Å²) in [6.07, 6.45) is 1.59. The maximum atomic E-state index is 11.4. The molecule has 2 rings (SSSR count). The first kappa shape index (κ1) is 12.4. The Labute approximate surface area is 104 Å². The number of carbonyl (C=O) groups is 1. The Morgan fingerprint density at radius 1 is 1.56 bits per heavy atom. The molecule has 6 nitrogen and oxygen atoms in total. The second kappa shape index (κ2) is 5.05. The molecule has 0 aliphatic carbocycles. The molecule has 0 spiro atoms. The molecule has 18 heavy (non-hydrogen) atoms. The predicted octanol–water partition coefficient (Wildman–Crippen LogP) is 1.54. The third kappa shape index (κ3) is 2.28. The minimum atomic E-state index is -0.633. The molecule has 1 aromatic heterocycles. The van der Waals surface area contributed by atoms with Crippen LogP contribution in [0.2, 0.25) is 0 Å². The summed E-state index contributed by atoms with van der Waals surface area (Å²) < 4.78 is 10.4. The summed E-state index contributed by atoms with van der Waals surface area (Å²) in [5.41, 5.74) is 0.941. The minimum absolute atomic E-state index is 0.150. The molecule has 1 aliphatic heterocycles. The number of nitrogens with one attached hydrogen (secondary N) is 2. The Hall–Kier alpha value is -2.08. The molecule has 0 radical (unpaired) electrons. The molecule has 1 aliphatic rings. The van der Waals surface area contributed by atoms with Gasteiger partial charge in [0.15, 0.2) is 6.23 Å². The van der Waals surface area contributed by atoms with Gasteiger partial charge in [0.25, 0.3) is 0 Å². The van der Waals surface area contributed by atoms with E-state index in [4.69, 9.17) is 9.15 Å². The fraction of sp³-hybridized carbons (Fsp3) is 0.333. The van der Waals surface area contributed by atoms with E-state index >= 15 is 0 Å². The quantitative estimate of drug-likeness (QED) is 0.794. The standard InChI is InChI=1S/C12H14N2O4/c1-3-5-17-10-9-7(4-2)6-8(15)18-11(9)14-12(16)13-10/h3,6,10H,1,4-5H2,2H3,(H2,13,14,16). The second-order valence-electron chi connectivity index (χ2n) is 3.79. The van der Waals surface area contributed by atoms with E-state index in [9.17, 15) is 9.59 Å². The normalized spacial score (nSPS) is 17.6. The number of hydrogen-bond acceptors (Lipinski definition) is 4. The molecular weight excluding hydrogens is 236 g/mol. The van der Waals surface area contributed by atoms with Gasteiger partial charge in [-0.1, -0.05) is 13.0 Å². The van der Waals surface area contributed by atoms with Crippen molar-refractivity contribution in [1.82, 2.24) is 5.32 Å². The van der Waals surface area contributed by atoms with Crippen LogP contribution in [0, 0.1) is 0 Å². The van der Waals surface area contributed by atoms with E-state index in [0.29, 0.717) is 12.0 Å². The van der Waals surface area contributed by atoms with E-state index in [-0.39, 0.29) is 12.5 Å². The first-order valence-corrected chi connectivity index (χ1v) is 5.62. The highest BCUT2D eigenvalue weighted by Crippen LogP contribution is 2.29. The van der Waals surface area contributed by atoms with Gasteiger partial charge >= 0.3 is 11.7 Å². The molecule has 6 heteroatoms. The van der Waals surface area contributed by atoms with Gasteiger partial charge in [-0.05, 0) is 12.0 Å². The van der Waals surface area contributed by atoms with Crippen molar-refractivity contribution in [3.05, 3.63) is 40.3 Å². The second-order valence-corrected chi connectivity index (χ2v) is 3.79. The summed E-state index contributed by atoms with van der Waals surface area (Å²) in [7, 11) is 0. The highest BCUT2D eigenvalue weighted by Gasteiger charge is 2.29. The van der Waals surface area contributed by atoms with Gasteiger partial charge in [-0.2, -0.15) is 0 Å². The number of urea groups is 1. The number of fused-ring (bicyclic) bond motifs is 1. The van der Waals surface area contributed by atoms with Crippen LogP contribution in [0.4, 0.5) is 10.7 Å². The SMILES string of the molecule is C=CCOC1NC(=O)Nc2oc(=O)cc(CC)c21. The van der Waals surface area contributed by atoms with E-state index in [1.165, 1.54) is 6.07 Å². The van der Waals surface area contributed by atoms with Crippen LogP contribution >= 0.6 is 0 Å². The predicted molar refractivity (Wildman–Crippen MR) is 65.4 cm³/mol. The fourth-order valence-corrected chi connectivity index (χ4v) is 1.84. The summed E-state index contributed by atoms with van der Waals surface area (Å²) >= 11 is 0. The Morgan fingerprint density at radius 3 is 3.00 bits per heavy atom. The van der Waals surface area contributed by atoms with Crippen molar-refractivity contribution in [1.29, 1.82) is 0 Å². The maximum absolute atomic E-state index is 11.4. The summed E-state index contributed by atoms with van der Waals surface area (Å²) in [4.78, 5) is 22.8. The first-order chi connectivity index (χ1) is 8.65. The van der Waals surface area contributed by atoms with Crippen LogP contribution in [0.3, 0.4) is 0 Å². The Balaban J connectivity index is 2.47. The smallest absolute Gasteiger partial charge is 0.337 e. The number of ether oxygens (including phenoxy) is 1. The van der Waals surface area contributed by atoms with Gasteiger partial charge < -0.3 is 14.5 Å². The van der Waals surface area contributed by atoms with Gasteiger partial charge in [-0.3, -0.25) is 5.32 Å². The number of hydrogen-bond donors (Lipinski definition) is 2. The molecular formula is C12H14N2O4. The van der Waals surface area contributed by atoms with Crippen molar-refractivity contribution in [3.63, 3.8) is 0 Å². The van der Waals surface area contributed by atoms with Crippen LogP contribution in [0.15, 0.2) is 27.9 Å². The fourth-order valence-electron chi connectivity index (χ4n) is 1.84. The van der Waals surface area contributed by atoms with Crippen LogP contribution in [0.25, 0.3) is 0 Å². The monoisotopic (exact) mass is 250 g/mol. The number of amides is 2. The number of rotatable bonds is 4. The van der Waals surface area contributed by atoms with Crippen LogP contribution in [0.5, 0.6) is 0 Å². The lowest BCUT2D eigenvalue weighted by atomic mass is 10.1. The van der Waals surface area contributed by atoms with Crippen molar-refractivity contribution in [2.45, 2.75) is 19.6 Å². The maximum Gasteiger partial charge on any atom is 0.337 e. The van der Waals surface area contributed by atoms with Gasteiger partial charge in [0, 0.05) is 6.07 Å². The Morgan fingerprint density at radius 2 is 2.33 bits per heavy atom. The van der Waals surface area contributed by atoms with Crippen LogP contribution in [-0.2, 0) is 11.2 Å². The van der Waals surface area contributed by atoms with Crippen LogP contribution < -0.4 is 16.3 Å². The highest BCUT2D eigenvalue weighted by atomic mass is 16.5. The summed E-state index contributed by atoms with van der Waals surface area (Å²) in [5.74, 6) is 0.150. The first-order valence-electron chi connectivity index (χ1n) is 5.62. The number of anilines is 1. The number of carbonyl (C=O) groups excluding carboxylic acids is 1. The minimum Gasteiger partial charge on any atom is -0.406 e. The van der Waals surface area contributed by atoms with Crippen molar-refractivity contribution >= 4 is 11.9 Å². The van der Waals surface area contributed by atoms with E-state index in [1.54, 1.807) is 6.08 Å². The zero-order chi connectivity index (χ0) is 13.1. The Kier molecular flexibility index (Phi) is 3.47. The van der Waals surface area contributed by atoms with E-state index in [1.807, 2.05) is 6.92 Å². The van der Waals surface area contributed by atoms with Gasteiger partial charge in [-0.25, -0.2) is 9.59 Å². The lowest BCUT2D eigenvalue weighted by Crippen LogP contribution is -2.40. The molecule has 1 atom stereocenters. The topological polar surface area (TPSA) is 80.6 Å². The average Bonchev–Trinajstić information content (AvgIpc) is 2.34. The molecule has 0 saturated carbocycles. The highest BCUT2D eigenvalue weighted by molar-refractivity contribution is 5.91. The molecule has 1 unspecified atom stereocenters. The Bertz CT molecular complexity index is 535. The molecule has 1 aromatic rings. The molecule has 0 bridgehead atoms. The van der Waals surface area contributed by atoms with E-state index < -0.39 is 17.9 Å². The van der Waals surface area contributed by atoms with Gasteiger partial charge in [0.05, 0.1) is 12.2 Å². The molecule has 0 saturated heterocycles. The third-order valence-corrected chi connectivity index (χ3v) is 2.60. The molecule has 2 heterocycles. The molecule has 0 fully saturated rings. The summed E-state index contributed by atoms with van der Waals surface area (Å²) in [5, 5.41) is 5.08. The largest absolute Gasteiger partial charge is 0.406 e. The summed E-state index contributed by atoms with van der Waals surface area (Å²) in [6.45, 7) is 5.75. The zero-order valence-electron chi connectivity index (χ0n) is 9.99. The van der Waals surface area contributed by atoms with Crippen LogP contribution in [-0.4, -0.2) is 12.6 Å². The average molecular weight is 250 g/mol. The van der Waals surface area contributed by atoms with E-state index in [0.717, 1.165) is 5.56 Å². The lowest BCUT2D eigenvalue weighted by Gasteiger charge is -2.27.